The van der Waals surface area contributed by atoms with E-state index in [-0.39, 0.29) is 24.4 Å². The van der Waals surface area contributed by atoms with Crippen LogP contribution in [0.25, 0.3) is 0 Å². The van der Waals surface area contributed by atoms with Crippen LogP contribution in [-0.2, 0) is 42.7 Å². The van der Waals surface area contributed by atoms with Gasteiger partial charge in [-0.25, -0.2) is 9.59 Å². The molecule has 0 saturated carbocycles. The number of rotatable bonds is 2. The van der Waals surface area contributed by atoms with Crippen LogP contribution < -0.4 is 0 Å². The van der Waals surface area contributed by atoms with Crippen LogP contribution in [0.2, 0.25) is 0 Å². The first-order valence-corrected chi connectivity index (χ1v) is 8.72. The van der Waals surface area contributed by atoms with Gasteiger partial charge in [0.25, 0.3) is 0 Å². The molecule has 9 nitrogen and oxygen atoms in total. The van der Waals surface area contributed by atoms with Gasteiger partial charge >= 0.3 is 11.9 Å². The SMILES string of the molecule is COC(=O)C1=C(C(=O)OC)C23C=CC1(COCCOCCOCCOC2)O3. The maximum Gasteiger partial charge on any atom is 0.337 e. The third-order valence-electron chi connectivity index (χ3n) is 4.61. The van der Waals surface area contributed by atoms with Crippen molar-refractivity contribution in [2.45, 2.75) is 11.2 Å². The highest BCUT2D eigenvalue weighted by Gasteiger charge is 2.62. The maximum absolute atomic E-state index is 12.5. The lowest BCUT2D eigenvalue weighted by molar-refractivity contribution is -0.141. The lowest BCUT2D eigenvalue weighted by Crippen LogP contribution is -2.39. The van der Waals surface area contributed by atoms with Crippen molar-refractivity contribution in [1.29, 1.82) is 0 Å². The molecule has 9 heteroatoms. The molecule has 0 aromatic heterocycles. The summed E-state index contributed by atoms with van der Waals surface area (Å²) in [5.74, 6) is -1.35. The zero-order chi connectivity index (χ0) is 19.3. The average molecular weight is 384 g/mol. The van der Waals surface area contributed by atoms with Crippen molar-refractivity contribution < 1.29 is 42.7 Å². The van der Waals surface area contributed by atoms with Gasteiger partial charge in [0.05, 0.1) is 78.2 Å². The Morgan fingerprint density at radius 1 is 0.741 bits per heavy atom. The Labute approximate surface area is 157 Å². The molecule has 0 amide bonds. The summed E-state index contributed by atoms with van der Waals surface area (Å²) in [6, 6.07) is 0. The quantitative estimate of drug-likeness (QED) is 0.473. The maximum atomic E-state index is 12.5. The Hall–Kier alpha value is -1.78. The predicted octanol–water partition coefficient (Wildman–Crippen LogP) is -0.213. The van der Waals surface area contributed by atoms with Gasteiger partial charge in [0.15, 0.2) is 0 Å². The van der Waals surface area contributed by atoms with Crippen molar-refractivity contribution in [2.24, 2.45) is 0 Å². The Kier molecular flexibility index (Phi) is 6.28. The van der Waals surface area contributed by atoms with Crippen molar-refractivity contribution in [2.75, 3.05) is 67.1 Å². The smallest absolute Gasteiger partial charge is 0.337 e. The average Bonchev–Trinajstić information content (AvgIpc) is 3.18. The molecule has 150 valence electrons. The van der Waals surface area contributed by atoms with E-state index in [9.17, 15) is 9.59 Å². The lowest BCUT2D eigenvalue weighted by Gasteiger charge is -2.27. The van der Waals surface area contributed by atoms with E-state index < -0.39 is 23.1 Å². The summed E-state index contributed by atoms with van der Waals surface area (Å²) in [5.41, 5.74) is -2.33. The van der Waals surface area contributed by atoms with Gasteiger partial charge in [-0.1, -0.05) is 0 Å². The van der Waals surface area contributed by atoms with Crippen molar-refractivity contribution in [3.05, 3.63) is 23.3 Å². The molecular formula is C18H24O9. The van der Waals surface area contributed by atoms with Crippen LogP contribution in [-0.4, -0.2) is 90.2 Å². The van der Waals surface area contributed by atoms with Crippen molar-refractivity contribution in [3.63, 3.8) is 0 Å². The minimum Gasteiger partial charge on any atom is -0.466 e. The molecule has 1 fully saturated rings. The van der Waals surface area contributed by atoms with Gasteiger partial charge in [0.2, 0.25) is 0 Å². The summed E-state index contributed by atoms with van der Waals surface area (Å²) in [6.45, 7) is 2.28. The minimum atomic E-state index is -1.24. The monoisotopic (exact) mass is 384 g/mol. The summed E-state index contributed by atoms with van der Waals surface area (Å²) < 4.78 is 38.1. The van der Waals surface area contributed by atoms with E-state index in [2.05, 4.69) is 0 Å². The van der Waals surface area contributed by atoms with Gasteiger partial charge in [-0.2, -0.15) is 0 Å². The first-order chi connectivity index (χ1) is 13.1. The third-order valence-corrected chi connectivity index (χ3v) is 4.61. The van der Waals surface area contributed by atoms with E-state index in [0.717, 1.165) is 0 Å². The second-order valence-corrected chi connectivity index (χ2v) is 6.28. The summed E-state index contributed by atoms with van der Waals surface area (Å²) in [7, 11) is 2.49. The van der Waals surface area contributed by atoms with Crippen LogP contribution in [0.3, 0.4) is 0 Å². The van der Waals surface area contributed by atoms with Gasteiger partial charge in [-0.3, -0.25) is 0 Å². The van der Waals surface area contributed by atoms with E-state index in [4.69, 9.17) is 33.2 Å². The predicted molar refractivity (Wildman–Crippen MR) is 90.0 cm³/mol. The molecular weight excluding hydrogens is 360 g/mol. The summed E-state index contributed by atoms with van der Waals surface area (Å²) >= 11 is 0. The van der Waals surface area contributed by atoms with Gasteiger partial charge in [0, 0.05) is 0 Å². The van der Waals surface area contributed by atoms with Gasteiger partial charge in [0.1, 0.15) is 11.2 Å². The molecule has 0 radical (unpaired) electrons. The normalized spacial score (nSPS) is 31.9. The van der Waals surface area contributed by atoms with Gasteiger partial charge in [-0.05, 0) is 12.2 Å². The molecule has 1 saturated heterocycles. The Bertz CT molecular complexity index is 589. The van der Waals surface area contributed by atoms with Crippen molar-refractivity contribution >= 4 is 11.9 Å². The van der Waals surface area contributed by atoms with E-state index in [1.165, 1.54) is 14.2 Å². The molecule has 0 spiro atoms. The molecule has 2 unspecified atom stereocenters. The molecule has 0 aromatic rings. The molecule has 0 N–H and O–H groups in total. The highest BCUT2D eigenvalue weighted by atomic mass is 16.6. The molecule has 3 aliphatic rings. The van der Waals surface area contributed by atoms with Crippen LogP contribution >= 0.6 is 0 Å². The Morgan fingerprint density at radius 2 is 1.11 bits per heavy atom. The van der Waals surface area contributed by atoms with E-state index in [1.54, 1.807) is 12.2 Å². The number of methoxy groups -OCH3 is 2. The fourth-order valence-electron chi connectivity index (χ4n) is 3.41. The standard InChI is InChI=1S/C18H24O9/c1-21-15(19)13-14(16(20)22-2)18-4-3-17(13,27-18)11-25-9-7-23-5-6-24-8-10-26-12-18/h3-4H,5-12H2,1-2H3. The molecule has 27 heavy (non-hydrogen) atoms. The molecule has 3 rings (SSSR count). The number of hydrogen-bond donors (Lipinski definition) is 0. The minimum absolute atomic E-state index is 0.0238. The fraction of sp³-hybridized carbons (Fsp3) is 0.667. The molecule has 3 heterocycles. The molecule has 0 aliphatic carbocycles. The molecule has 0 aromatic carbocycles. The van der Waals surface area contributed by atoms with Gasteiger partial charge < -0.3 is 33.2 Å². The van der Waals surface area contributed by atoms with Crippen LogP contribution in [0.1, 0.15) is 0 Å². The second-order valence-electron chi connectivity index (χ2n) is 6.28. The van der Waals surface area contributed by atoms with E-state index in [1.807, 2.05) is 0 Å². The fourth-order valence-corrected chi connectivity index (χ4v) is 3.41. The summed E-state index contributed by atoms with van der Waals surface area (Å²) in [5, 5.41) is 0. The Morgan fingerprint density at radius 3 is 1.48 bits per heavy atom. The number of ether oxygens (including phenoxy) is 7. The number of carbonyl (C=O) groups excluding carboxylic acids is 2. The highest BCUT2D eigenvalue weighted by Crippen LogP contribution is 2.51. The van der Waals surface area contributed by atoms with Crippen LogP contribution in [0.15, 0.2) is 23.3 Å². The number of esters is 2. The number of hydrogen-bond acceptors (Lipinski definition) is 9. The zero-order valence-corrected chi connectivity index (χ0v) is 15.5. The van der Waals surface area contributed by atoms with E-state index >= 15 is 0 Å². The molecule has 2 atom stereocenters. The summed E-state index contributed by atoms with van der Waals surface area (Å²) in [6.07, 6.45) is 3.41. The summed E-state index contributed by atoms with van der Waals surface area (Å²) in [4.78, 5) is 25.0. The molecule has 3 aliphatic heterocycles. The highest BCUT2D eigenvalue weighted by molar-refractivity contribution is 6.06. The van der Waals surface area contributed by atoms with Crippen LogP contribution in [0.5, 0.6) is 0 Å². The van der Waals surface area contributed by atoms with Crippen molar-refractivity contribution in [3.8, 4) is 0 Å². The lowest BCUT2D eigenvalue weighted by atomic mass is 9.82. The first-order valence-electron chi connectivity index (χ1n) is 8.72. The third kappa shape index (κ3) is 3.78. The van der Waals surface area contributed by atoms with E-state index in [0.29, 0.717) is 39.6 Å². The first kappa shape index (κ1) is 20.0. The number of carbonyl (C=O) groups is 2. The van der Waals surface area contributed by atoms with Crippen LogP contribution in [0, 0.1) is 0 Å². The topological polar surface area (TPSA) is 98.8 Å². The Balaban J connectivity index is 1.95. The molecule has 2 bridgehead atoms. The van der Waals surface area contributed by atoms with Gasteiger partial charge in [-0.15, -0.1) is 0 Å². The second kappa shape index (κ2) is 8.49. The van der Waals surface area contributed by atoms with Crippen LogP contribution in [0.4, 0.5) is 0 Å². The zero-order valence-electron chi connectivity index (χ0n) is 15.5. The van der Waals surface area contributed by atoms with Crippen molar-refractivity contribution in [1.82, 2.24) is 0 Å². The largest absolute Gasteiger partial charge is 0.466 e.